The second-order valence-corrected chi connectivity index (χ2v) is 7.94. The summed E-state index contributed by atoms with van der Waals surface area (Å²) in [5.41, 5.74) is -0.625. The molecule has 1 aromatic carbocycles. The largest absolute Gasteiger partial charge is 0.478 e. The van der Waals surface area contributed by atoms with Gasteiger partial charge in [-0.2, -0.15) is 0 Å². The molecule has 9 heteroatoms. The Bertz CT molecular complexity index is 815. The maximum Gasteiger partial charge on any atom is 0.335 e. The fourth-order valence-electron chi connectivity index (χ4n) is 1.61. The van der Waals surface area contributed by atoms with Crippen LogP contribution in [0.25, 0.3) is 0 Å². The lowest BCUT2D eigenvalue weighted by Crippen LogP contribution is -2.10. The van der Waals surface area contributed by atoms with Gasteiger partial charge in [0.1, 0.15) is 4.90 Å². The standard InChI is InChI=1S/C12H7BrF2O4S2/c13-7-3-8(20-4-7)5-21(18,19)10-2-6(12(16)17)1-9(14)11(10)15/h1-4H,5H2,(H,16,17). The third-order valence-corrected chi connectivity index (χ3v) is 6.07. The topological polar surface area (TPSA) is 71.4 Å². The Morgan fingerprint density at radius 1 is 1.29 bits per heavy atom. The molecule has 0 bridgehead atoms. The van der Waals surface area contributed by atoms with Gasteiger partial charge in [-0.15, -0.1) is 11.3 Å². The molecule has 1 N–H and O–H groups in total. The van der Waals surface area contributed by atoms with Crippen LogP contribution in [0.5, 0.6) is 0 Å². The highest BCUT2D eigenvalue weighted by Gasteiger charge is 2.25. The molecule has 0 amide bonds. The molecule has 112 valence electrons. The number of aromatic carboxylic acids is 1. The van der Waals surface area contributed by atoms with E-state index in [0.717, 1.165) is 11.3 Å². The lowest BCUT2D eigenvalue weighted by molar-refractivity contribution is 0.0696. The first-order chi connectivity index (χ1) is 9.70. The van der Waals surface area contributed by atoms with Crippen LogP contribution in [0.4, 0.5) is 8.78 Å². The average molecular weight is 397 g/mol. The van der Waals surface area contributed by atoms with E-state index in [2.05, 4.69) is 15.9 Å². The molecular formula is C12H7BrF2O4S2. The third kappa shape index (κ3) is 3.47. The summed E-state index contributed by atoms with van der Waals surface area (Å²) < 4.78 is 52.0. The van der Waals surface area contributed by atoms with Crippen molar-refractivity contribution in [2.24, 2.45) is 0 Å². The van der Waals surface area contributed by atoms with Crippen LogP contribution < -0.4 is 0 Å². The zero-order valence-corrected chi connectivity index (χ0v) is 13.4. The van der Waals surface area contributed by atoms with Gasteiger partial charge in [-0.05, 0) is 34.1 Å². The highest BCUT2D eigenvalue weighted by atomic mass is 79.9. The monoisotopic (exact) mass is 396 g/mol. The number of carboxylic acids is 1. The van der Waals surface area contributed by atoms with Crippen LogP contribution in [0, 0.1) is 11.6 Å². The van der Waals surface area contributed by atoms with E-state index in [-0.39, 0.29) is 0 Å². The predicted molar refractivity (Wildman–Crippen MR) is 76.2 cm³/mol. The number of hydrogen-bond donors (Lipinski definition) is 1. The lowest BCUT2D eigenvalue weighted by atomic mass is 10.2. The van der Waals surface area contributed by atoms with Gasteiger partial charge in [-0.25, -0.2) is 22.0 Å². The fraction of sp³-hybridized carbons (Fsp3) is 0.0833. The maximum atomic E-state index is 13.7. The molecule has 21 heavy (non-hydrogen) atoms. The van der Waals surface area contributed by atoms with Crippen LogP contribution in [-0.2, 0) is 15.6 Å². The molecule has 0 atom stereocenters. The van der Waals surface area contributed by atoms with Crippen molar-refractivity contribution in [3.63, 3.8) is 0 Å². The summed E-state index contributed by atoms with van der Waals surface area (Å²) in [7, 11) is -4.20. The molecule has 1 aromatic heterocycles. The van der Waals surface area contributed by atoms with E-state index in [4.69, 9.17) is 5.11 Å². The van der Waals surface area contributed by atoms with Crippen molar-refractivity contribution in [2.45, 2.75) is 10.6 Å². The summed E-state index contributed by atoms with van der Waals surface area (Å²) in [5.74, 6) is -5.16. The van der Waals surface area contributed by atoms with E-state index in [1.807, 2.05) is 0 Å². The summed E-state index contributed by atoms with van der Waals surface area (Å²) in [4.78, 5) is 10.3. The van der Waals surface area contributed by atoms with Crippen molar-refractivity contribution in [3.8, 4) is 0 Å². The Hall–Kier alpha value is -1.32. The van der Waals surface area contributed by atoms with E-state index in [9.17, 15) is 22.0 Å². The molecule has 0 radical (unpaired) electrons. The first kappa shape index (κ1) is 16.1. The van der Waals surface area contributed by atoms with Gasteiger partial charge in [0.05, 0.1) is 11.3 Å². The van der Waals surface area contributed by atoms with Crippen molar-refractivity contribution in [1.82, 2.24) is 0 Å². The molecule has 0 aliphatic heterocycles. The van der Waals surface area contributed by atoms with Gasteiger partial charge in [-0.3, -0.25) is 0 Å². The Balaban J connectivity index is 2.51. The number of halogens is 3. The Morgan fingerprint density at radius 3 is 2.48 bits per heavy atom. The first-order valence-electron chi connectivity index (χ1n) is 5.38. The number of sulfone groups is 1. The molecular weight excluding hydrogens is 390 g/mol. The Labute approximate surface area is 131 Å². The van der Waals surface area contributed by atoms with Gasteiger partial charge in [0.25, 0.3) is 0 Å². The number of hydrogen-bond acceptors (Lipinski definition) is 4. The summed E-state index contributed by atoms with van der Waals surface area (Å²) in [6.07, 6.45) is 0. The summed E-state index contributed by atoms with van der Waals surface area (Å²) in [6, 6.07) is 2.61. The van der Waals surface area contributed by atoms with E-state index in [1.165, 1.54) is 6.07 Å². The molecule has 0 aliphatic rings. The zero-order chi connectivity index (χ0) is 15.8. The minimum Gasteiger partial charge on any atom is -0.478 e. The molecule has 0 aliphatic carbocycles. The smallest absolute Gasteiger partial charge is 0.335 e. The highest BCUT2D eigenvalue weighted by molar-refractivity contribution is 9.10. The quantitative estimate of drug-likeness (QED) is 0.858. The molecule has 0 unspecified atom stereocenters. The van der Waals surface area contributed by atoms with Crippen LogP contribution in [0.2, 0.25) is 0 Å². The van der Waals surface area contributed by atoms with E-state index in [1.54, 1.807) is 5.38 Å². The molecule has 4 nitrogen and oxygen atoms in total. The fourth-order valence-corrected chi connectivity index (χ4v) is 4.87. The Morgan fingerprint density at radius 2 is 1.95 bits per heavy atom. The van der Waals surface area contributed by atoms with Crippen LogP contribution in [0.3, 0.4) is 0 Å². The second kappa shape index (κ2) is 5.82. The number of carboxylic acid groups (broad SMARTS) is 1. The summed E-state index contributed by atoms with van der Waals surface area (Å²) in [5, 5.41) is 10.4. The third-order valence-electron chi connectivity index (χ3n) is 2.53. The van der Waals surface area contributed by atoms with E-state index in [0.29, 0.717) is 21.5 Å². The first-order valence-corrected chi connectivity index (χ1v) is 8.71. The van der Waals surface area contributed by atoms with Gasteiger partial charge in [-0.1, -0.05) is 0 Å². The number of rotatable bonds is 4. The van der Waals surface area contributed by atoms with E-state index < -0.39 is 43.7 Å². The normalized spacial score (nSPS) is 11.6. The molecule has 0 spiro atoms. The molecule has 2 rings (SSSR count). The molecule has 1 heterocycles. The Kier molecular flexibility index (Phi) is 4.45. The van der Waals surface area contributed by atoms with Crippen molar-refractivity contribution >= 4 is 43.1 Å². The number of carbonyl (C=O) groups is 1. The van der Waals surface area contributed by atoms with Gasteiger partial charge < -0.3 is 5.11 Å². The van der Waals surface area contributed by atoms with Crippen molar-refractivity contribution in [3.05, 3.63) is 50.1 Å². The van der Waals surface area contributed by atoms with Crippen molar-refractivity contribution in [1.29, 1.82) is 0 Å². The van der Waals surface area contributed by atoms with Crippen molar-refractivity contribution in [2.75, 3.05) is 0 Å². The molecule has 2 aromatic rings. The van der Waals surface area contributed by atoms with Gasteiger partial charge in [0, 0.05) is 14.7 Å². The average Bonchev–Trinajstić information content (AvgIpc) is 2.76. The lowest BCUT2D eigenvalue weighted by Gasteiger charge is -2.07. The number of benzene rings is 1. The highest BCUT2D eigenvalue weighted by Crippen LogP contribution is 2.27. The minimum atomic E-state index is -4.20. The number of thiophene rings is 1. The van der Waals surface area contributed by atoms with Crippen LogP contribution in [0.15, 0.2) is 32.9 Å². The van der Waals surface area contributed by atoms with Crippen LogP contribution in [0.1, 0.15) is 15.2 Å². The van der Waals surface area contributed by atoms with Crippen molar-refractivity contribution < 1.29 is 27.1 Å². The van der Waals surface area contributed by atoms with Gasteiger partial charge in [0.2, 0.25) is 0 Å². The van der Waals surface area contributed by atoms with Gasteiger partial charge in [0.15, 0.2) is 21.5 Å². The van der Waals surface area contributed by atoms with Crippen LogP contribution >= 0.6 is 27.3 Å². The molecule has 0 fully saturated rings. The van der Waals surface area contributed by atoms with E-state index >= 15 is 0 Å². The second-order valence-electron chi connectivity index (χ2n) is 4.07. The van der Waals surface area contributed by atoms with Gasteiger partial charge >= 0.3 is 5.97 Å². The summed E-state index contributed by atoms with van der Waals surface area (Å²) >= 11 is 4.29. The minimum absolute atomic E-state index is 0.419. The maximum absolute atomic E-state index is 13.7. The molecule has 0 saturated carbocycles. The SMILES string of the molecule is O=C(O)c1cc(F)c(F)c(S(=O)(=O)Cc2cc(Br)cs2)c1. The molecule has 0 saturated heterocycles. The zero-order valence-electron chi connectivity index (χ0n) is 10.1. The summed E-state index contributed by atoms with van der Waals surface area (Å²) in [6.45, 7) is 0. The predicted octanol–water partition coefficient (Wildman–Crippen LogP) is 3.46. The van der Waals surface area contributed by atoms with Crippen LogP contribution in [-0.4, -0.2) is 19.5 Å².